The lowest BCUT2D eigenvalue weighted by atomic mass is 10.0. The third kappa shape index (κ3) is 4.63. The topological polar surface area (TPSA) is 104 Å². The number of nitrogens with one attached hydrogen (secondary N) is 3. The number of hydrogen-bond acceptors (Lipinski definition) is 8. The van der Waals surface area contributed by atoms with E-state index in [2.05, 4.69) is 21.3 Å². The average molecular weight is 460 g/mol. The quantitative estimate of drug-likeness (QED) is 0.609. The average Bonchev–Trinajstić information content (AvgIpc) is 3.26. The van der Waals surface area contributed by atoms with Gasteiger partial charge in [0.2, 0.25) is 5.91 Å². The summed E-state index contributed by atoms with van der Waals surface area (Å²) in [6.07, 6.45) is 0.492. The molecule has 0 aromatic heterocycles. The molecule has 11 heteroatoms. The van der Waals surface area contributed by atoms with Crippen LogP contribution in [0.15, 0.2) is 47.6 Å². The van der Waals surface area contributed by atoms with Crippen molar-refractivity contribution in [2.24, 2.45) is 5.10 Å². The van der Waals surface area contributed by atoms with Gasteiger partial charge in [0.05, 0.1) is 31.7 Å². The summed E-state index contributed by atoms with van der Waals surface area (Å²) < 4.78 is 23.7. The number of halogens is 1. The number of methoxy groups -OCH3 is 2. The summed E-state index contributed by atoms with van der Waals surface area (Å²) in [4.78, 5) is 24.8. The van der Waals surface area contributed by atoms with Gasteiger partial charge in [0.15, 0.2) is 5.17 Å². The highest BCUT2D eigenvalue weighted by Gasteiger charge is 2.41. The Morgan fingerprint density at radius 1 is 1.25 bits per heavy atom. The minimum absolute atomic E-state index is 0.0655. The van der Waals surface area contributed by atoms with Crippen LogP contribution < -0.4 is 25.6 Å². The number of benzene rings is 2. The Labute approximate surface area is 188 Å². The normalized spacial score (nSPS) is 19.7. The number of hydrazone groups is 1. The van der Waals surface area contributed by atoms with E-state index in [-0.39, 0.29) is 29.4 Å². The number of fused-ring (bicyclic) bond motifs is 1. The summed E-state index contributed by atoms with van der Waals surface area (Å²) in [5.41, 5.74) is 7.14. The number of carbonyl (C=O) groups excluding carboxylic acids is 2. The van der Waals surface area contributed by atoms with Gasteiger partial charge >= 0.3 is 0 Å². The lowest BCUT2D eigenvalue weighted by Crippen LogP contribution is -2.52. The molecule has 0 radical (unpaired) electrons. The van der Waals surface area contributed by atoms with Gasteiger partial charge in [-0.3, -0.25) is 14.6 Å². The number of thioether (sulfide) groups is 1. The number of carbonyl (C=O) groups is 2. The van der Waals surface area contributed by atoms with Gasteiger partial charge in [-0.1, -0.05) is 23.9 Å². The molecular weight excluding hydrogens is 437 g/mol. The standard InChI is InChI=1S/C21H22FN5O4S/c1-30-14-7-8-15(18(9-14)31-2)23-19(28)11-32-21-25-24-20(29)17-10-16(26-27(17)21)12-3-5-13(22)6-4-12/h3-9,16-17,26H,10-11H2,1-2H3,(H,23,28)(H,24,29). The SMILES string of the molecule is COc1ccc(NC(=O)CSC2=NNC(=O)C3CC(c4ccc(F)cc4)NN23)c(OC)c1. The smallest absolute Gasteiger partial charge is 0.264 e. The van der Waals surface area contributed by atoms with Crippen LogP contribution in [0.5, 0.6) is 11.5 Å². The highest BCUT2D eigenvalue weighted by Crippen LogP contribution is 2.32. The number of hydrogen-bond donors (Lipinski definition) is 3. The third-order valence-electron chi connectivity index (χ3n) is 5.12. The summed E-state index contributed by atoms with van der Waals surface area (Å²) in [7, 11) is 3.06. The summed E-state index contributed by atoms with van der Waals surface area (Å²) in [5.74, 6) is 0.342. The maximum atomic E-state index is 13.2. The molecule has 168 valence electrons. The van der Waals surface area contributed by atoms with Crippen LogP contribution in [-0.4, -0.2) is 48.0 Å². The Bertz CT molecular complexity index is 1050. The van der Waals surface area contributed by atoms with Gasteiger partial charge < -0.3 is 14.8 Å². The van der Waals surface area contributed by atoms with Crippen molar-refractivity contribution in [3.8, 4) is 11.5 Å². The molecule has 0 aliphatic carbocycles. The predicted molar refractivity (Wildman–Crippen MR) is 119 cm³/mol. The van der Waals surface area contributed by atoms with Crippen molar-refractivity contribution in [2.45, 2.75) is 18.5 Å². The van der Waals surface area contributed by atoms with Gasteiger partial charge in [-0.25, -0.2) is 15.2 Å². The lowest BCUT2D eigenvalue weighted by molar-refractivity contribution is -0.125. The first-order valence-electron chi connectivity index (χ1n) is 9.81. The first-order chi connectivity index (χ1) is 15.5. The summed E-state index contributed by atoms with van der Waals surface area (Å²) in [5, 5.41) is 9.03. The fraction of sp³-hybridized carbons (Fsp3) is 0.286. The van der Waals surface area contributed by atoms with E-state index in [9.17, 15) is 14.0 Å². The summed E-state index contributed by atoms with van der Waals surface area (Å²) in [6.45, 7) is 0. The maximum absolute atomic E-state index is 13.2. The second kappa shape index (κ2) is 9.45. The fourth-order valence-corrected chi connectivity index (χ4v) is 4.27. The van der Waals surface area contributed by atoms with Crippen LogP contribution >= 0.6 is 11.8 Å². The van der Waals surface area contributed by atoms with Crippen molar-refractivity contribution < 1.29 is 23.5 Å². The molecule has 2 aromatic carbocycles. The van der Waals surface area contributed by atoms with E-state index in [1.54, 1.807) is 42.5 Å². The van der Waals surface area contributed by atoms with Crippen molar-refractivity contribution in [2.75, 3.05) is 25.3 Å². The molecule has 9 nitrogen and oxygen atoms in total. The van der Waals surface area contributed by atoms with Crippen molar-refractivity contribution >= 4 is 34.4 Å². The Balaban J connectivity index is 1.39. The van der Waals surface area contributed by atoms with Crippen LogP contribution in [0.3, 0.4) is 0 Å². The minimum Gasteiger partial charge on any atom is -0.497 e. The molecule has 0 saturated carbocycles. The van der Waals surface area contributed by atoms with Crippen molar-refractivity contribution in [3.05, 3.63) is 53.8 Å². The second-order valence-corrected chi connectivity index (χ2v) is 8.07. The van der Waals surface area contributed by atoms with Gasteiger partial charge in [-0.15, -0.1) is 5.10 Å². The lowest BCUT2D eigenvalue weighted by Gasteiger charge is -2.29. The number of nitrogens with zero attached hydrogens (tertiary/aromatic N) is 2. The Morgan fingerprint density at radius 3 is 2.75 bits per heavy atom. The molecule has 2 aliphatic rings. The molecule has 2 aromatic rings. The van der Waals surface area contributed by atoms with E-state index in [4.69, 9.17) is 9.47 Å². The number of amides is 2. The van der Waals surface area contributed by atoms with Gasteiger partial charge in [0, 0.05) is 6.07 Å². The van der Waals surface area contributed by atoms with Gasteiger partial charge in [-0.05, 0) is 36.2 Å². The zero-order chi connectivity index (χ0) is 22.7. The van der Waals surface area contributed by atoms with Gasteiger partial charge in [0.25, 0.3) is 5.91 Å². The van der Waals surface area contributed by atoms with Crippen LogP contribution in [0.2, 0.25) is 0 Å². The largest absolute Gasteiger partial charge is 0.497 e. The molecule has 1 saturated heterocycles. The van der Waals surface area contributed by atoms with Crippen molar-refractivity contribution in [3.63, 3.8) is 0 Å². The van der Waals surface area contributed by atoms with E-state index in [0.29, 0.717) is 28.8 Å². The molecule has 2 heterocycles. The number of amidine groups is 1. The van der Waals surface area contributed by atoms with Gasteiger partial charge in [-0.2, -0.15) is 0 Å². The van der Waals surface area contributed by atoms with Crippen molar-refractivity contribution in [1.29, 1.82) is 0 Å². The monoisotopic (exact) mass is 459 g/mol. The first kappa shape index (κ1) is 21.9. The Kier molecular flexibility index (Phi) is 6.47. The number of ether oxygens (including phenoxy) is 2. The second-order valence-electron chi connectivity index (χ2n) is 7.13. The molecule has 4 rings (SSSR count). The fourth-order valence-electron chi connectivity index (χ4n) is 3.51. The summed E-state index contributed by atoms with van der Waals surface area (Å²) >= 11 is 1.19. The molecule has 0 spiro atoms. The molecule has 2 aliphatic heterocycles. The zero-order valence-corrected chi connectivity index (χ0v) is 18.2. The number of rotatable bonds is 6. The number of hydrazine groups is 1. The van der Waals surface area contributed by atoms with E-state index in [1.165, 1.54) is 31.0 Å². The zero-order valence-electron chi connectivity index (χ0n) is 17.4. The highest BCUT2D eigenvalue weighted by molar-refractivity contribution is 8.14. The molecule has 3 N–H and O–H groups in total. The van der Waals surface area contributed by atoms with Crippen LogP contribution in [0.4, 0.5) is 10.1 Å². The van der Waals surface area contributed by atoms with Crippen LogP contribution in [0.25, 0.3) is 0 Å². The predicted octanol–water partition coefficient (Wildman–Crippen LogP) is 2.24. The van der Waals surface area contributed by atoms with E-state index in [0.717, 1.165) is 5.56 Å². The Morgan fingerprint density at radius 2 is 2.03 bits per heavy atom. The molecule has 32 heavy (non-hydrogen) atoms. The molecule has 2 unspecified atom stereocenters. The van der Waals surface area contributed by atoms with E-state index >= 15 is 0 Å². The van der Waals surface area contributed by atoms with Crippen LogP contribution in [0.1, 0.15) is 18.0 Å². The first-order valence-corrected chi connectivity index (χ1v) is 10.8. The molecule has 2 amide bonds. The number of anilines is 1. The van der Waals surface area contributed by atoms with E-state index < -0.39 is 6.04 Å². The maximum Gasteiger partial charge on any atom is 0.264 e. The molecule has 0 bridgehead atoms. The molecule has 2 atom stereocenters. The molecule has 1 fully saturated rings. The summed E-state index contributed by atoms with van der Waals surface area (Å²) in [6, 6.07) is 10.6. The van der Waals surface area contributed by atoms with Crippen molar-refractivity contribution in [1.82, 2.24) is 15.9 Å². The minimum atomic E-state index is -0.477. The highest BCUT2D eigenvalue weighted by atomic mass is 32.2. The molecular formula is C21H22FN5O4S. The van der Waals surface area contributed by atoms with Crippen LogP contribution in [0, 0.1) is 5.82 Å². The van der Waals surface area contributed by atoms with Gasteiger partial charge in [0.1, 0.15) is 23.4 Å². The Hall–Kier alpha value is -3.31. The van der Waals surface area contributed by atoms with E-state index in [1.807, 2.05) is 0 Å². The van der Waals surface area contributed by atoms with Crippen LogP contribution in [-0.2, 0) is 9.59 Å². The third-order valence-corrected chi connectivity index (χ3v) is 6.08.